The summed E-state index contributed by atoms with van der Waals surface area (Å²) in [7, 11) is 1.46. The van der Waals surface area contributed by atoms with Crippen LogP contribution in [0.4, 0.5) is 17.1 Å². The Hall–Kier alpha value is -4.99. The number of nitrogens with one attached hydrogen (secondary N) is 2. The number of phenolic OH excluding ortho intramolecular Hbond substituents is 2. The number of nitroso groups, excluding NO2 is 1. The number of carbonyl (C=O) groups excluding carboxylic acids is 2. The van der Waals surface area contributed by atoms with E-state index in [4.69, 9.17) is 18.9 Å². The molecule has 10 atom stereocenters. The molecule has 56 heavy (non-hydrogen) atoms. The van der Waals surface area contributed by atoms with Crippen molar-refractivity contribution in [1.29, 1.82) is 0 Å². The van der Waals surface area contributed by atoms with Crippen LogP contribution < -0.4 is 15.4 Å². The molecule has 15 nitrogen and oxygen atoms in total. The molecule has 4 bridgehead atoms. The Morgan fingerprint density at radius 2 is 1.64 bits per heavy atom. The summed E-state index contributed by atoms with van der Waals surface area (Å²) in [6, 6.07) is -1.36. The van der Waals surface area contributed by atoms with Gasteiger partial charge in [0, 0.05) is 72.9 Å². The number of hydrogen-bond acceptors (Lipinski definition) is 14. The van der Waals surface area contributed by atoms with E-state index in [2.05, 4.69) is 20.8 Å². The summed E-state index contributed by atoms with van der Waals surface area (Å²) in [5, 5.41) is 56.1. The zero-order valence-electron chi connectivity index (χ0n) is 33.7. The maximum atomic E-state index is 13.7. The number of amides is 1. The van der Waals surface area contributed by atoms with Crippen molar-refractivity contribution in [2.75, 3.05) is 17.7 Å². The predicted molar refractivity (Wildman–Crippen MR) is 212 cm³/mol. The van der Waals surface area contributed by atoms with Crippen molar-refractivity contribution in [2.24, 2.45) is 33.8 Å². The first-order valence-corrected chi connectivity index (χ1v) is 18.7. The van der Waals surface area contributed by atoms with Crippen LogP contribution in [0.3, 0.4) is 0 Å². The van der Waals surface area contributed by atoms with Crippen LogP contribution in [0.5, 0.6) is 17.2 Å². The number of carbonyl (C=O) groups is 2. The highest BCUT2D eigenvalue weighted by Gasteiger charge is 2.52. The van der Waals surface area contributed by atoms with Crippen LogP contribution in [0.2, 0.25) is 0 Å². The molecule has 1 amide bonds. The van der Waals surface area contributed by atoms with Gasteiger partial charge in [-0.05, 0) is 33.8 Å². The largest absolute Gasteiger partial charge is 0.507 e. The van der Waals surface area contributed by atoms with Crippen LogP contribution in [0.15, 0.2) is 46.3 Å². The zero-order valence-corrected chi connectivity index (χ0v) is 33.7. The number of aliphatic hydroxyl groups excluding tert-OH is 2. The molecule has 0 fully saturated rings. The lowest BCUT2D eigenvalue weighted by Gasteiger charge is -2.38. The first-order valence-electron chi connectivity index (χ1n) is 18.7. The van der Waals surface area contributed by atoms with Crippen LogP contribution in [-0.4, -0.2) is 81.4 Å². The number of ether oxygens (including phenoxy) is 4. The number of aliphatic hydroxyl groups is 2. The van der Waals surface area contributed by atoms with Crippen LogP contribution >= 0.6 is 0 Å². The standard InChI is InChI=1S/C41H54N4O11/c1-18-13-12-14-19(2)39(51)43-31-30-29(44-40(8,9)17-42-30)26-27(35(31)50)34(49)23(6)37-28(26)38(45-52)41(10,56-37)54-16-15-25(53-11)20(3)36(55-24(7)46)22(5)33(48)21(4)32(18)47/h12-18,20-22,25,32-33,36,38,44,47-50H,1-11H3,(H,43,51)/t18-,20+,21+,22+,25-,32-,33+,36+,38?,41-/m0/s1. The Bertz CT molecular complexity index is 2020. The van der Waals surface area contributed by atoms with Gasteiger partial charge in [0.1, 0.15) is 29.0 Å². The molecule has 6 N–H and O–H groups in total. The van der Waals surface area contributed by atoms with Crippen molar-refractivity contribution in [2.45, 2.75) is 111 Å². The quantitative estimate of drug-likeness (QED) is 0.0843. The molecule has 3 aliphatic heterocycles. The van der Waals surface area contributed by atoms with Gasteiger partial charge in [0.25, 0.3) is 11.7 Å². The number of nitrogens with zero attached hydrogens (tertiary/aromatic N) is 2. The number of anilines is 2. The molecule has 2 aromatic rings. The molecular formula is C41H54N4O11. The smallest absolute Gasteiger partial charge is 0.302 e. The summed E-state index contributed by atoms with van der Waals surface area (Å²) in [5.74, 6) is -6.06. The predicted octanol–water partition coefficient (Wildman–Crippen LogP) is 6.58. The fraction of sp³-hybridized carbons (Fsp3) is 0.537. The Morgan fingerprint density at radius 1 is 0.964 bits per heavy atom. The number of aliphatic imine (C=N–C) groups is 1. The first kappa shape index (κ1) is 42.2. The lowest BCUT2D eigenvalue weighted by molar-refractivity contribution is -0.160. The van der Waals surface area contributed by atoms with E-state index in [-0.39, 0.29) is 50.3 Å². The topological polar surface area (TPSA) is 218 Å². The number of fused-ring (bicyclic) bond motifs is 1. The normalized spacial score (nSPS) is 31.8. The summed E-state index contributed by atoms with van der Waals surface area (Å²) in [6.45, 7) is 16.6. The molecule has 3 aliphatic rings. The van der Waals surface area contributed by atoms with Crippen molar-refractivity contribution in [3.63, 3.8) is 0 Å². The summed E-state index contributed by atoms with van der Waals surface area (Å²) < 4.78 is 24.1. The highest BCUT2D eigenvalue weighted by molar-refractivity contribution is 6.19. The highest BCUT2D eigenvalue weighted by Crippen LogP contribution is 2.61. The molecule has 0 radical (unpaired) electrons. The van der Waals surface area contributed by atoms with Gasteiger partial charge >= 0.3 is 5.97 Å². The van der Waals surface area contributed by atoms with Gasteiger partial charge in [-0.3, -0.25) is 14.6 Å². The second-order valence-electron chi connectivity index (χ2n) is 16.0. The summed E-state index contributed by atoms with van der Waals surface area (Å²) in [5.41, 5.74) is 0.258. The fourth-order valence-electron chi connectivity index (χ4n) is 7.86. The molecule has 304 valence electrons. The van der Waals surface area contributed by atoms with Crippen molar-refractivity contribution in [1.82, 2.24) is 0 Å². The van der Waals surface area contributed by atoms with Crippen molar-refractivity contribution >= 4 is 45.9 Å². The molecule has 15 heteroatoms. The Morgan fingerprint density at radius 3 is 2.27 bits per heavy atom. The molecule has 2 aromatic carbocycles. The van der Waals surface area contributed by atoms with Gasteiger partial charge in [0.2, 0.25) is 0 Å². The Kier molecular flexibility index (Phi) is 11.9. The molecule has 0 aromatic heterocycles. The molecule has 0 spiro atoms. The van der Waals surface area contributed by atoms with Crippen molar-refractivity contribution in [3.8, 4) is 17.2 Å². The molecule has 0 aliphatic carbocycles. The number of phenols is 2. The number of rotatable bonds is 3. The molecule has 0 saturated heterocycles. The summed E-state index contributed by atoms with van der Waals surface area (Å²) in [4.78, 5) is 43.5. The number of esters is 1. The fourth-order valence-corrected chi connectivity index (χ4v) is 7.86. The molecule has 3 heterocycles. The van der Waals surface area contributed by atoms with Crippen LogP contribution in [0.1, 0.15) is 79.5 Å². The van der Waals surface area contributed by atoms with Crippen LogP contribution in [0, 0.1) is 35.5 Å². The maximum absolute atomic E-state index is 13.7. The molecule has 1 unspecified atom stereocenters. The third-order valence-electron chi connectivity index (χ3n) is 11.2. The van der Waals surface area contributed by atoms with E-state index in [1.807, 2.05) is 13.8 Å². The summed E-state index contributed by atoms with van der Waals surface area (Å²) >= 11 is 0. The third-order valence-corrected chi connectivity index (χ3v) is 11.2. The molecule has 5 rings (SSSR count). The molecule has 0 saturated carbocycles. The minimum atomic E-state index is -1.78. The van der Waals surface area contributed by atoms with Gasteiger partial charge in [-0.2, -0.15) is 0 Å². The Labute approximate surface area is 326 Å². The average molecular weight is 779 g/mol. The second-order valence-corrected chi connectivity index (χ2v) is 16.0. The third kappa shape index (κ3) is 7.59. The second kappa shape index (κ2) is 15.9. The van der Waals surface area contributed by atoms with Crippen LogP contribution in [0.25, 0.3) is 10.8 Å². The highest BCUT2D eigenvalue weighted by atomic mass is 16.7. The number of methoxy groups -OCH3 is 1. The number of benzene rings is 2. The number of aromatic hydroxyl groups is 2. The van der Waals surface area contributed by atoms with Gasteiger partial charge in [-0.15, -0.1) is 4.91 Å². The number of hydrogen-bond donors (Lipinski definition) is 6. The molecular weight excluding hydrogens is 724 g/mol. The lowest BCUT2D eigenvalue weighted by atomic mass is 9.78. The van der Waals surface area contributed by atoms with Crippen molar-refractivity contribution < 1.29 is 49.0 Å². The maximum Gasteiger partial charge on any atom is 0.302 e. The van der Waals surface area contributed by atoms with Crippen molar-refractivity contribution in [3.05, 3.63) is 52.2 Å². The SMILES string of the molecule is CO[C@H]1C=CO[C@@]2(C)Oc3c(C)c(O)c4c(O)c(c5c(c4c3C2N=O)NC(C)(C)C=N5)NC(=O)C(C)=CC=C[C@H](C)[C@H](O)[C@@H](C)[C@@H](O)[C@@H](C)[C@H](OC(C)=O)[C@@H]1C. The Balaban J connectivity index is 1.74. The van der Waals surface area contributed by atoms with E-state index in [0.29, 0.717) is 5.69 Å². The van der Waals surface area contributed by atoms with E-state index < -0.39 is 83.1 Å². The van der Waals surface area contributed by atoms with Gasteiger partial charge in [0.15, 0.2) is 11.8 Å². The van der Waals surface area contributed by atoms with Crippen LogP contribution in [-0.2, 0) is 23.8 Å². The first-order chi connectivity index (χ1) is 26.2. The minimum Gasteiger partial charge on any atom is -0.507 e. The van der Waals surface area contributed by atoms with Gasteiger partial charge < -0.3 is 50.0 Å². The van der Waals surface area contributed by atoms with E-state index >= 15 is 0 Å². The average Bonchev–Trinajstić information content (AvgIpc) is 3.44. The minimum absolute atomic E-state index is 0.0678. The zero-order chi connectivity index (χ0) is 41.6. The van der Waals surface area contributed by atoms with E-state index in [1.54, 1.807) is 72.1 Å². The van der Waals surface area contributed by atoms with Gasteiger partial charge in [-0.1, -0.05) is 51.1 Å². The lowest BCUT2D eigenvalue weighted by Crippen LogP contribution is -2.46. The van der Waals surface area contributed by atoms with Gasteiger partial charge in [-0.25, -0.2) is 0 Å². The van der Waals surface area contributed by atoms with E-state index in [0.717, 1.165) is 0 Å². The summed E-state index contributed by atoms with van der Waals surface area (Å²) in [6.07, 6.45) is 5.55. The van der Waals surface area contributed by atoms with E-state index in [1.165, 1.54) is 27.2 Å². The van der Waals surface area contributed by atoms with E-state index in [9.17, 15) is 34.9 Å². The van der Waals surface area contributed by atoms with Gasteiger partial charge in [0.05, 0.1) is 41.2 Å². The monoisotopic (exact) mass is 778 g/mol. The number of allylic oxidation sites excluding steroid dienone is 2.